The number of aliphatic hydroxyl groups excluding tert-OH is 1. The topological polar surface area (TPSA) is 208 Å². The summed E-state index contributed by atoms with van der Waals surface area (Å²) in [4.78, 5) is 39.7. The second-order valence-electron chi connectivity index (χ2n) is 9.02. The zero-order valence-corrected chi connectivity index (χ0v) is 20.8. The van der Waals surface area contributed by atoms with Gasteiger partial charge in [0, 0.05) is 23.0 Å². The van der Waals surface area contributed by atoms with Gasteiger partial charge in [-0.25, -0.2) is 0 Å². The quantitative estimate of drug-likeness (QED) is 0.196. The Hall–Kier alpha value is -1.99. The Morgan fingerprint density at radius 3 is 2.29 bits per heavy atom. The van der Waals surface area contributed by atoms with E-state index < -0.39 is 86.6 Å². The number of hydrogen-bond donors (Lipinski definition) is 5. The Kier molecular flexibility index (Phi) is 6.50. The number of rotatable bonds is 2. The van der Waals surface area contributed by atoms with Gasteiger partial charge in [0.05, 0.1) is 23.3 Å². The molecule has 0 saturated heterocycles. The third-order valence-corrected chi connectivity index (χ3v) is 6.99. The summed E-state index contributed by atoms with van der Waals surface area (Å²) in [7, 11) is 2.73. The maximum absolute atomic E-state index is 13.6. The molecule has 0 unspecified atom stereocenters. The van der Waals surface area contributed by atoms with E-state index in [9.17, 15) is 45.0 Å². The summed E-state index contributed by atoms with van der Waals surface area (Å²) in [6.07, 6.45) is -1.95. The van der Waals surface area contributed by atoms with Crippen molar-refractivity contribution in [2.75, 3.05) is 14.1 Å². The number of carbonyl (C=O) groups excluding carboxylic acids is 3. The van der Waals surface area contributed by atoms with Gasteiger partial charge in [-0.2, -0.15) is 0 Å². The van der Waals surface area contributed by atoms with Crippen molar-refractivity contribution in [1.29, 1.82) is 0 Å². The molecule has 176 valence electrons. The number of phenols is 1. The standard InChI is InChI=1S/C22H24N2O9.Ca/c1-21(32)7-5-4-6-8(25)9(7)15(26)10-12(21)17(28)13-14(24(2)3)16(27)11(20(23)31)19(30)22(13,33)18(10)29;/h4-6,12-14,17,25-26,28,30,32-33H,1-3H3,(H2,23,31);/q;+2/p-2/t12-,13-,14+,17+,21-,22+;/m1./s1. The summed E-state index contributed by atoms with van der Waals surface area (Å²) >= 11 is 0. The largest absolute Gasteiger partial charge is 2.00 e. The number of likely N-dealkylation sites (N-methyl/N-ethyl adjacent to an activating group) is 1. The summed E-state index contributed by atoms with van der Waals surface area (Å²) in [5.41, 5.74) is -2.53. The Bertz CT molecular complexity index is 1190. The van der Waals surface area contributed by atoms with E-state index in [2.05, 4.69) is 0 Å². The molecule has 1 saturated carbocycles. The van der Waals surface area contributed by atoms with Crippen LogP contribution in [0.4, 0.5) is 0 Å². The number of nitrogens with zero attached hydrogens (tertiary/aromatic N) is 1. The van der Waals surface area contributed by atoms with E-state index in [0.29, 0.717) is 0 Å². The maximum atomic E-state index is 13.6. The van der Waals surface area contributed by atoms with Crippen LogP contribution in [-0.4, -0.2) is 112 Å². The minimum atomic E-state index is -3.17. The summed E-state index contributed by atoms with van der Waals surface area (Å²) in [5.74, 6) is -10.8. The van der Waals surface area contributed by atoms with E-state index in [1.165, 1.54) is 38.1 Å². The van der Waals surface area contributed by atoms with Crippen molar-refractivity contribution < 1.29 is 45.0 Å². The fraction of sp³-hybridized carbons (Fsp3) is 0.409. The molecular formula is C22H22CaN2O9. The molecule has 6 N–H and O–H groups in total. The van der Waals surface area contributed by atoms with Crippen LogP contribution in [0.1, 0.15) is 18.1 Å². The smallest absolute Gasteiger partial charge is 0.873 e. The van der Waals surface area contributed by atoms with E-state index in [-0.39, 0.29) is 43.3 Å². The van der Waals surface area contributed by atoms with Crippen molar-refractivity contribution in [1.82, 2.24) is 4.90 Å². The first-order valence-corrected chi connectivity index (χ1v) is 10.0. The number of phenolic OH excluding ortho intramolecular Hbond substituents is 1. The van der Waals surface area contributed by atoms with Crippen molar-refractivity contribution in [2.24, 2.45) is 17.6 Å². The molecule has 3 aliphatic carbocycles. The molecule has 1 amide bonds. The van der Waals surface area contributed by atoms with Crippen molar-refractivity contribution in [3.63, 3.8) is 0 Å². The molecular weight excluding hydrogens is 476 g/mol. The van der Waals surface area contributed by atoms with Crippen LogP contribution < -0.4 is 15.9 Å². The van der Waals surface area contributed by atoms with Crippen LogP contribution in [0.25, 0.3) is 5.76 Å². The number of aromatic hydroxyl groups is 1. The van der Waals surface area contributed by atoms with Gasteiger partial charge in [-0.1, -0.05) is 23.7 Å². The molecule has 0 bridgehead atoms. The Morgan fingerprint density at radius 1 is 1.18 bits per heavy atom. The fourth-order valence-corrected chi connectivity index (χ4v) is 5.56. The van der Waals surface area contributed by atoms with E-state index in [0.717, 1.165) is 6.07 Å². The summed E-state index contributed by atoms with van der Waals surface area (Å²) in [6, 6.07) is 2.30. The first-order chi connectivity index (χ1) is 15.2. The number of Topliss-reactive ketones (excluding diaryl/α,β-unsaturated/α-hetero) is 2. The summed E-state index contributed by atoms with van der Waals surface area (Å²) in [5, 5.41) is 70.8. The zero-order chi connectivity index (χ0) is 24.8. The van der Waals surface area contributed by atoms with Gasteiger partial charge in [-0.15, -0.1) is 0 Å². The first kappa shape index (κ1) is 26.6. The van der Waals surface area contributed by atoms with Gasteiger partial charge in [-0.3, -0.25) is 19.3 Å². The van der Waals surface area contributed by atoms with Gasteiger partial charge in [0.15, 0.2) is 11.6 Å². The predicted molar refractivity (Wildman–Crippen MR) is 112 cm³/mol. The van der Waals surface area contributed by atoms with E-state index >= 15 is 0 Å². The van der Waals surface area contributed by atoms with Crippen LogP contribution in [0.2, 0.25) is 0 Å². The van der Waals surface area contributed by atoms with Crippen LogP contribution in [0, 0.1) is 11.8 Å². The third kappa shape index (κ3) is 3.12. The van der Waals surface area contributed by atoms with E-state index in [4.69, 9.17) is 5.73 Å². The molecule has 1 fully saturated rings. The van der Waals surface area contributed by atoms with Crippen LogP contribution in [-0.2, 0) is 20.0 Å². The molecule has 4 rings (SSSR count). The van der Waals surface area contributed by atoms with Gasteiger partial charge in [0.1, 0.15) is 11.4 Å². The number of nitrogens with two attached hydrogens (primary N) is 1. The maximum Gasteiger partial charge on any atom is 2.00 e. The second-order valence-corrected chi connectivity index (χ2v) is 9.02. The molecule has 0 aromatic heterocycles. The van der Waals surface area contributed by atoms with Crippen LogP contribution in [0.3, 0.4) is 0 Å². The predicted octanol–water partition coefficient (Wildman–Crippen LogP) is -4.18. The average Bonchev–Trinajstić information content (AvgIpc) is 2.70. The average molecular weight is 499 g/mol. The number of amides is 1. The van der Waals surface area contributed by atoms with Gasteiger partial charge < -0.3 is 36.4 Å². The molecule has 11 nitrogen and oxygen atoms in total. The number of ketones is 2. The van der Waals surface area contributed by atoms with Gasteiger partial charge in [-0.05, 0) is 32.6 Å². The molecule has 0 spiro atoms. The molecule has 1 aromatic rings. The number of fused-ring (bicyclic) bond motifs is 3. The van der Waals surface area contributed by atoms with Crippen molar-refractivity contribution >= 4 is 61.0 Å². The minimum Gasteiger partial charge on any atom is -0.873 e. The van der Waals surface area contributed by atoms with Crippen LogP contribution in [0.15, 0.2) is 35.1 Å². The minimum absolute atomic E-state index is 0. The Balaban J connectivity index is 0.00000324. The number of hydrogen-bond acceptors (Lipinski definition) is 10. The molecule has 3 aliphatic rings. The molecule has 34 heavy (non-hydrogen) atoms. The number of carbonyl (C=O) groups is 3. The second kappa shape index (κ2) is 8.30. The number of benzene rings is 1. The summed E-state index contributed by atoms with van der Waals surface area (Å²) in [6.45, 7) is 1.21. The molecule has 6 atom stereocenters. The summed E-state index contributed by atoms with van der Waals surface area (Å²) < 4.78 is 0. The van der Waals surface area contributed by atoms with Crippen molar-refractivity contribution in [3.05, 3.63) is 46.2 Å². The molecule has 0 aliphatic heterocycles. The molecule has 0 heterocycles. The van der Waals surface area contributed by atoms with E-state index in [1.807, 2.05) is 0 Å². The zero-order valence-electron chi connectivity index (χ0n) is 18.6. The molecule has 0 radical (unpaired) electrons. The Labute approximate surface area is 223 Å². The molecule has 1 aromatic carbocycles. The van der Waals surface area contributed by atoms with Crippen molar-refractivity contribution in [3.8, 4) is 5.75 Å². The number of primary amides is 1. The fourth-order valence-electron chi connectivity index (χ4n) is 5.56. The first-order valence-electron chi connectivity index (χ1n) is 10.0. The Morgan fingerprint density at radius 2 is 1.76 bits per heavy atom. The van der Waals surface area contributed by atoms with Gasteiger partial charge in [0.25, 0.3) is 5.91 Å². The third-order valence-electron chi connectivity index (χ3n) is 6.99. The van der Waals surface area contributed by atoms with Crippen molar-refractivity contribution in [2.45, 2.75) is 30.3 Å². The van der Waals surface area contributed by atoms with E-state index in [1.54, 1.807) is 0 Å². The van der Waals surface area contributed by atoms with Gasteiger partial charge >= 0.3 is 37.7 Å². The molecule has 12 heteroatoms. The van der Waals surface area contributed by atoms with Crippen LogP contribution >= 0.6 is 0 Å². The van der Waals surface area contributed by atoms with Crippen LogP contribution in [0.5, 0.6) is 5.75 Å². The van der Waals surface area contributed by atoms with Gasteiger partial charge in [0.2, 0.25) is 0 Å². The normalized spacial score (nSPS) is 34.9. The SMILES string of the molecule is CN(C)[C@@H]1C(=O)C(C(N)=O)=C([O-])[C@@]2(O)C(=O)C3=C([O-])c4c(O)cccc4[C@@](C)(O)[C@H]3[C@H](O)[C@@H]12.[Ca+2]. The monoisotopic (exact) mass is 498 g/mol. The number of aliphatic hydroxyl groups is 3.